The number of alkyl halides is 1. The second-order valence-electron chi connectivity index (χ2n) is 5.84. The zero-order valence-electron chi connectivity index (χ0n) is 11.0. The van der Waals surface area contributed by atoms with Gasteiger partial charge in [-0.05, 0) is 56.6 Å². The average molecular weight is 309 g/mol. The third-order valence-electron chi connectivity index (χ3n) is 4.10. The first-order valence-corrected chi connectivity index (χ1v) is 8.04. The molecule has 1 saturated carbocycles. The summed E-state index contributed by atoms with van der Waals surface area (Å²) in [4.78, 5) is 0.753. The molecule has 2 aliphatic rings. The minimum Gasteiger partial charge on any atom is -0.490 e. The van der Waals surface area contributed by atoms with Gasteiger partial charge in [0.25, 0.3) is 0 Å². The molecule has 3 rings (SSSR count). The second-order valence-corrected chi connectivity index (χ2v) is 7.02. The first-order chi connectivity index (χ1) is 8.72. The predicted molar refractivity (Wildman–Crippen MR) is 78.6 cm³/mol. The van der Waals surface area contributed by atoms with E-state index in [9.17, 15) is 0 Å². The van der Waals surface area contributed by atoms with Crippen LogP contribution in [0.25, 0.3) is 0 Å². The molecule has 1 fully saturated rings. The first-order valence-electron chi connectivity index (χ1n) is 7.12. The summed E-state index contributed by atoms with van der Waals surface area (Å²) in [5.74, 6) is 2.08. The molecular weight excluding hydrogens is 288 g/mol. The maximum Gasteiger partial charge on any atom is 0.123 e. The van der Waals surface area contributed by atoms with Crippen LogP contribution in [-0.4, -0.2) is 10.9 Å². The van der Waals surface area contributed by atoms with Gasteiger partial charge in [0.1, 0.15) is 11.9 Å². The van der Waals surface area contributed by atoms with Gasteiger partial charge in [-0.1, -0.05) is 33.6 Å². The van der Waals surface area contributed by atoms with Gasteiger partial charge in [-0.25, -0.2) is 0 Å². The van der Waals surface area contributed by atoms with E-state index in [2.05, 4.69) is 41.1 Å². The quantitative estimate of drug-likeness (QED) is 0.720. The Morgan fingerprint density at radius 2 is 2.22 bits per heavy atom. The van der Waals surface area contributed by atoms with Gasteiger partial charge in [-0.2, -0.15) is 0 Å². The van der Waals surface area contributed by atoms with Gasteiger partial charge in [0.2, 0.25) is 0 Å². The number of hydrogen-bond acceptors (Lipinski definition) is 1. The van der Waals surface area contributed by atoms with Crippen LogP contribution in [0, 0.1) is 12.8 Å². The van der Waals surface area contributed by atoms with Crippen LogP contribution in [0.4, 0.5) is 0 Å². The fourth-order valence-corrected chi connectivity index (χ4v) is 3.70. The van der Waals surface area contributed by atoms with Crippen molar-refractivity contribution in [2.24, 2.45) is 5.92 Å². The van der Waals surface area contributed by atoms with E-state index in [1.54, 1.807) is 0 Å². The van der Waals surface area contributed by atoms with E-state index in [1.165, 1.54) is 43.2 Å². The Kier molecular flexibility index (Phi) is 3.65. The zero-order chi connectivity index (χ0) is 12.5. The van der Waals surface area contributed by atoms with E-state index < -0.39 is 0 Å². The highest BCUT2D eigenvalue weighted by atomic mass is 79.9. The van der Waals surface area contributed by atoms with E-state index in [0.717, 1.165) is 22.9 Å². The third-order valence-corrected chi connectivity index (χ3v) is 5.30. The molecule has 1 aliphatic heterocycles. The molecule has 0 radical (unpaired) electrons. The number of fused-ring (bicyclic) bond motifs is 1. The summed E-state index contributed by atoms with van der Waals surface area (Å²) >= 11 is 3.81. The molecule has 1 aromatic rings. The summed E-state index contributed by atoms with van der Waals surface area (Å²) in [6.07, 6.45) is 8.17. The molecule has 2 atom stereocenters. The Labute approximate surface area is 118 Å². The first kappa shape index (κ1) is 12.5. The van der Waals surface area contributed by atoms with E-state index in [4.69, 9.17) is 4.74 Å². The summed E-state index contributed by atoms with van der Waals surface area (Å²) < 4.78 is 6.00. The number of hydrogen-bond donors (Lipinski definition) is 0. The van der Waals surface area contributed by atoms with Crippen LogP contribution in [0.3, 0.4) is 0 Å². The molecule has 2 unspecified atom stereocenters. The van der Waals surface area contributed by atoms with Crippen LogP contribution in [0.2, 0.25) is 0 Å². The molecule has 1 nitrogen and oxygen atoms in total. The number of rotatable bonds is 5. The zero-order valence-corrected chi connectivity index (χ0v) is 12.6. The number of benzene rings is 1. The van der Waals surface area contributed by atoms with Crippen LogP contribution in [0.5, 0.6) is 5.75 Å². The molecule has 0 N–H and O–H groups in total. The molecule has 0 amide bonds. The molecule has 0 spiro atoms. The highest BCUT2D eigenvalue weighted by Gasteiger charge is 2.29. The average Bonchev–Trinajstić information content (AvgIpc) is 3.11. The van der Waals surface area contributed by atoms with Gasteiger partial charge < -0.3 is 4.74 Å². The Morgan fingerprint density at radius 3 is 3.00 bits per heavy atom. The van der Waals surface area contributed by atoms with Crippen molar-refractivity contribution >= 4 is 15.9 Å². The Hall–Kier alpha value is -0.500. The number of ether oxygens (including phenoxy) is 1. The SMILES string of the molecule is Cc1ccc2c(c1)CC(CCCC(Br)C1CC1)O2. The summed E-state index contributed by atoms with van der Waals surface area (Å²) in [6, 6.07) is 6.54. The smallest absolute Gasteiger partial charge is 0.123 e. The lowest BCUT2D eigenvalue weighted by atomic mass is 10.0. The highest BCUT2D eigenvalue weighted by Crippen LogP contribution is 2.39. The minimum atomic E-state index is 0.417. The maximum atomic E-state index is 6.00. The van der Waals surface area contributed by atoms with Crippen molar-refractivity contribution in [1.29, 1.82) is 0 Å². The predicted octanol–water partition coefficient (Wildman–Crippen LogP) is 4.64. The Balaban J connectivity index is 1.45. The van der Waals surface area contributed by atoms with Crippen LogP contribution in [0.15, 0.2) is 18.2 Å². The van der Waals surface area contributed by atoms with Crippen molar-refractivity contribution in [1.82, 2.24) is 0 Å². The van der Waals surface area contributed by atoms with Gasteiger partial charge in [-0.3, -0.25) is 0 Å². The van der Waals surface area contributed by atoms with Gasteiger partial charge >= 0.3 is 0 Å². The fourth-order valence-electron chi connectivity index (χ4n) is 2.84. The van der Waals surface area contributed by atoms with Gasteiger partial charge in [0.15, 0.2) is 0 Å². The lowest BCUT2D eigenvalue weighted by molar-refractivity contribution is 0.216. The molecular formula is C16H21BrO. The van der Waals surface area contributed by atoms with Crippen LogP contribution >= 0.6 is 15.9 Å². The maximum absolute atomic E-state index is 6.00. The Morgan fingerprint density at radius 1 is 1.39 bits per heavy atom. The molecule has 0 bridgehead atoms. The standard InChI is InChI=1S/C16H21BrO/c1-11-5-8-16-13(9-11)10-14(18-16)3-2-4-15(17)12-6-7-12/h5,8-9,12,14-15H,2-4,6-7,10H2,1H3. The molecule has 0 saturated heterocycles. The molecule has 2 heteroatoms. The minimum absolute atomic E-state index is 0.417. The molecule has 1 aromatic carbocycles. The van der Waals surface area contributed by atoms with E-state index in [1.807, 2.05) is 0 Å². The number of halogens is 1. The van der Waals surface area contributed by atoms with Gasteiger partial charge in [-0.15, -0.1) is 0 Å². The van der Waals surface area contributed by atoms with Crippen LogP contribution in [0.1, 0.15) is 43.2 Å². The van der Waals surface area contributed by atoms with Crippen LogP contribution < -0.4 is 4.74 Å². The lowest BCUT2D eigenvalue weighted by Gasteiger charge is -2.12. The van der Waals surface area contributed by atoms with Gasteiger partial charge in [0.05, 0.1) is 0 Å². The third kappa shape index (κ3) is 2.90. The summed E-state index contributed by atoms with van der Waals surface area (Å²) in [5, 5.41) is 0. The van der Waals surface area contributed by atoms with Gasteiger partial charge in [0, 0.05) is 11.2 Å². The van der Waals surface area contributed by atoms with Crippen molar-refractivity contribution in [2.75, 3.05) is 0 Å². The van der Waals surface area contributed by atoms with E-state index >= 15 is 0 Å². The topological polar surface area (TPSA) is 9.23 Å². The number of aryl methyl sites for hydroxylation is 1. The Bertz CT molecular complexity index is 425. The summed E-state index contributed by atoms with van der Waals surface area (Å²) in [7, 11) is 0. The molecule has 1 aliphatic carbocycles. The molecule has 0 aromatic heterocycles. The molecule has 1 heterocycles. The van der Waals surface area contributed by atoms with E-state index in [-0.39, 0.29) is 0 Å². The van der Waals surface area contributed by atoms with Crippen molar-refractivity contribution in [3.63, 3.8) is 0 Å². The van der Waals surface area contributed by atoms with Crippen molar-refractivity contribution < 1.29 is 4.74 Å². The second kappa shape index (κ2) is 5.24. The lowest BCUT2D eigenvalue weighted by Crippen LogP contribution is -2.13. The van der Waals surface area contributed by atoms with Crippen molar-refractivity contribution in [3.8, 4) is 5.75 Å². The normalized spacial score (nSPS) is 23.6. The largest absolute Gasteiger partial charge is 0.490 e. The van der Waals surface area contributed by atoms with Crippen LogP contribution in [-0.2, 0) is 6.42 Å². The monoisotopic (exact) mass is 308 g/mol. The van der Waals surface area contributed by atoms with Crippen molar-refractivity contribution in [2.45, 2.75) is 56.4 Å². The molecule has 18 heavy (non-hydrogen) atoms. The summed E-state index contributed by atoms with van der Waals surface area (Å²) in [6.45, 7) is 2.15. The van der Waals surface area contributed by atoms with Crippen molar-refractivity contribution in [3.05, 3.63) is 29.3 Å². The van der Waals surface area contributed by atoms with E-state index in [0.29, 0.717) is 6.10 Å². The molecule has 98 valence electrons. The summed E-state index contributed by atoms with van der Waals surface area (Å²) in [5.41, 5.74) is 2.74. The fraction of sp³-hybridized carbons (Fsp3) is 0.625. The highest BCUT2D eigenvalue weighted by molar-refractivity contribution is 9.09.